The average molecular weight is 285 g/mol. The summed E-state index contributed by atoms with van der Waals surface area (Å²) in [5.41, 5.74) is 3.39. The van der Waals surface area contributed by atoms with Gasteiger partial charge in [-0.15, -0.1) is 11.3 Å². The molecule has 0 bridgehead atoms. The molecule has 20 heavy (non-hydrogen) atoms. The summed E-state index contributed by atoms with van der Waals surface area (Å²) >= 11 is 1.52. The van der Waals surface area contributed by atoms with Gasteiger partial charge in [0.2, 0.25) is 5.91 Å². The monoisotopic (exact) mass is 285 g/mol. The first-order valence-electron chi connectivity index (χ1n) is 6.90. The summed E-state index contributed by atoms with van der Waals surface area (Å²) < 4.78 is 0. The molecule has 1 aromatic carbocycles. The number of thiazole rings is 1. The van der Waals surface area contributed by atoms with E-state index in [1.54, 1.807) is 0 Å². The Morgan fingerprint density at radius 3 is 3.00 bits per heavy atom. The molecule has 5 heteroatoms. The number of anilines is 2. The Balaban J connectivity index is 1.43. The van der Waals surface area contributed by atoms with Crippen LogP contribution in [0.1, 0.15) is 30.0 Å². The van der Waals surface area contributed by atoms with Gasteiger partial charge in [-0.3, -0.25) is 4.79 Å². The van der Waals surface area contributed by atoms with Crippen LogP contribution in [0.15, 0.2) is 29.6 Å². The van der Waals surface area contributed by atoms with E-state index in [2.05, 4.69) is 27.1 Å². The molecule has 2 aromatic rings. The highest BCUT2D eigenvalue weighted by Gasteiger charge is 2.28. The van der Waals surface area contributed by atoms with Crippen LogP contribution in [0.2, 0.25) is 0 Å². The second kappa shape index (κ2) is 4.59. The van der Waals surface area contributed by atoms with E-state index in [9.17, 15) is 4.79 Å². The Labute approximate surface area is 121 Å². The third kappa shape index (κ3) is 2.18. The molecule has 4 rings (SSSR count). The van der Waals surface area contributed by atoms with Crippen LogP contribution in [-0.2, 0) is 11.2 Å². The fraction of sp³-hybridized carbons (Fsp3) is 0.333. The van der Waals surface area contributed by atoms with Crippen molar-refractivity contribution in [2.24, 2.45) is 0 Å². The molecule has 2 aliphatic rings. The summed E-state index contributed by atoms with van der Waals surface area (Å²) in [6.45, 7) is 0. The average Bonchev–Trinajstić information content (AvgIpc) is 3.04. The van der Waals surface area contributed by atoms with Crippen LogP contribution in [0.3, 0.4) is 0 Å². The van der Waals surface area contributed by atoms with Crippen LogP contribution in [0.4, 0.5) is 10.8 Å². The molecule has 1 fully saturated rings. The highest BCUT2D eigenvalue weighted by molar-refractivity contribution is 7.13. The molecule has 1 aromatic heterocycles. The van der Waals surface area contributed by atoms with Crippen molar-refractivity contribution < 1.29 is 4.79 Å². The molecule has 2 N–H and O–H groups in total. The SMILES string of the molecule is O=C(Nc1nc(C2CC2)cs1)[C@@H]1Cc2ccccc2N1. The van der Waals surface area contributed by atoms with Crippen molar-refractivity contribution in [3.63, 3.8) is 0 Å². The van der Waals surface area contributed by atoms with E-state index >= 15 is 0 Å². The minimum Gasteiger partial charge on any atom is -0.373 e. The second-order valence-corrected chi connectivity index (χ2v) is 6.26. The van der Waals surface area contributed by atoms with Gasteiger partial charge in [-0.2, -0.15) is 0 Å². The molecule has 1 amide bonds. The second-order valence-electron chi connectivity index (χ2n) is 5.40. The summed E-state index contributed by atoms with van der Waals surface area (Å²) in [5, 5.41) is 8.97. The third-order valence-electron chi connectivity index (χ3n) is 3.84. The number of para-hydroxylation sites is 1. The maximum atomic E-state index is 12.3. The van der Waals surface area contributed by atoms with Gasteiger partial charge in [-0.05, 0) is 24.5 Å². The third-order valence-corrected chi connectivity index (χ3v) is 4.61. The Kier molecular flexibility index (Phi) is 2.73. The van der Waals surface area contributed by atoms with Gasteiger partial charge in [0, 0.05) is 23.4 Å². The number of nitrogens with zero attached hydrogens (tertiary/aromatic N) is 1. The Morgan fingerprint density at radius 2 is 2.20 bits per heavy atom. The predicted octanol–water partition coefficient (Wildman–Crippen LogP) is 3.00. The summed E-state index contributed by atoms with van der Waals surface area (Å²) in [6.07, 6.45) is 3.20. The zero-order valence-electron chi connectivity index (χ0n) is 10.9. The first-order valence-corrected chi connectivity index (χ1v) is 7.78. The number of amides is 1. The quantitative estimate of drug-likeness (QED) is 0.911. The van der Waals surface area contributed by atoms with Crippen molar-refractivity contribution in [3.05, 3.63) is 40.9 Å². The fourth-order valence-corrected chi connectivity index (χ4v) is 3.35. The van der Waals surface area contributed by atoms with Crippen molar-refractivity contribution in [1.82, 2.24) is 4.98 Å². The lowest BCUT2D eigenvalue weighted by molar-refractivity contribution is -0.116. The van der Waals surface area contributed by atoms with Gasteiger partial charge in [0.05, 0.1) is 5.69 Å². The lowest BCUT2D eigenvalue weighted by Gasteiger charge is -2.09. The normalized spacial score (nSPS) is 20.3. The Bertz CT molecular complexity index is 638. The summed E-state index contributed by atoms with van der Waals surface area (Å²) in [5.74, 6) is 0.628. The van der Waals surface area contributed by atoms with Gasteiger partial charge in [0.1, 0.15) is 6.04 Å². The van der Waals surface area contributed by atoms with E-state index in [1.165, 1.54) is 29.7 Å². The molecule has 0 saturated heterocycles. The molecule has 2 heterocycles. The van der Waals surface area contributed by atoms with Crippen molar-refractivity contribution in [2.75, 3.05) is 10.6 Å². The van der Waals surface area contributed by atoms with Gasteiger partial charge >= 0.3 is 0 Å². The predicted molar refractivity (Wildman–Crippen MR) is 80.3 cm³/mol. The van der Waals surface area contributed by atoms with Crippen LogP contribution in [-0.4, -0.2) is 16.9 Å². The topological polar surface area (TPSA) is 54.0 Å². The highest BCUT2D eigenvalue weighted by Crippen LogP contribution is 2.40. The molecular weight excluding hydrogens is 270 g/mol. The molecule has 1 atom stereocenters. The van der Waals surface area contributed by atoms with E-state index in [1.807, 2.05) is 18.2 Å². The van der Waals surface area contributed by atoms with Crippen LogP contribution in [0.5, 0.6) is 0 Å². The van der Waals surface area contributed by atoms with Crippen molar-refractivity contribution in [2.45, 2.75) is 31.2 Å². The zero-order valence-corrected chi connectivity index (χ0v) is 11.7. The zero-order chi connectivity index (χ0) is 13.5. The Morgan fingerprint density at radius 1 is 1.35 bits per heavy atom. The molecule has 1 saturated carbocycles. The summed E-state index contributed by atoms with van der Waals surface area (Å²) in [6, 6.07) is 7.86. The molecule has 0 unspecified atom stereocenters. The van der Waals surface area contributed by atoms with E-state index < -0.39 is 0 Å². The maximum Gasteiger partial charge on any atom is 0.248 e. The summed E-state index contributed by atoms with van der Waals surface area (Å²) in [4.78, 5) is 16.8. The highest BCUT2D eigenvalue weighted by atomic mass is 32.1. The molecule has 1 aliphatic heterocycles. The standard InChI is InChI=1S/C15H15N3OS/c19-14(12-7-10-3-1-2-4-11(10)16-12)18-15-17-13(8-20-15)9-5-6-9/h1-4,8-9,12,16H,5-7H2,(H,17,18,19)/t12-/m0/s1. The molecule has 4 nitrogen and oxygen atoms in total. The number of fused-ring (bicyclic) bond motifs is 1. The number of hydrogen-bond donors (Lipinski definition) is 2. The smallest absolute Gasteiger partial charge is 0.248 e. The van der Waals surface area contributed by atoms with E-state index in [0.29, 0.717) is 5.92 Å². The first kappa shape index (κ1) is 11.9. The minimum atomic E-state index is -0.194. The van der Waals surface area contributed by atoms with Gasteiger partial charge in [-0.25, -0.2) is 4.98 Å². The van der Waals surface area contributed by atoms with Gasteiger partial charge in [0.15, 0.2) is 5.13 Å². The number of carbonyl (C=O) groups is 1. The summed E-state index contributed by atoms with van der Waals surface area (Å²) in [7, 11) is 0. The van der Waals surface area contributed by atoms with E-state index in [-0.39, 0.29) is 11.9 Å². The van der Waals surface area contributed by atoms with Gasteiger partial charge in [0.25, 0.3) is 0 Å². The van der Waals surface area contributed by atoms with Crippen molar-refractivity contribution in [3.8, 4) is 0 Å². The molecule has 1 aliphatic carbocycles. The number of carbonyl (C=O) groups excluding carboxylic acids is 1. The molecular formula is C15H15N3OS. The number of nitrogens with one attached hydrogen (secondary N) is 2. The van der Waals surface area contributed by atoms with Crippen LogP contribution in [0, 0.1) is 0 Å². The van der Waals surface area contributed by atoms with Gasteiger partial charge < -0.3 is 10.6 Å². The fourth-order valence-electron chi connectivity index (χ4n) is 2.56. The lowest BCUT2D eigenvalue weighted by atomic mass is 10.1. The largest absolute Gasteiger partial charge is 0.373 e. The van der Waals surface area contributed by atoms with Crippen LogP contribution < -0.4 is 10.6 Å². The first-order chi connectivity index (χ1) is 9.79. The molecule has 102 valence electrons. The van der Waals surface area contributed by atoms with Crippen molar-refractivity contribution in [1.29, 1.82) is 0 Å². The van der Waals surface area contributed by atoms with Crippen LogP contribution in [0.25, 0.3) is 0 Å². The number of benzene rings is 1. The van der Waals surface area contributed by atoms with Crippen LogP contribution >= 0.6 is 11.3 Å². The molecule has 0 radical (unpaired) electrons. The number of aromatic nitrogens is 1. The Hall–Kier alpha value is -1.88. The van der Waals surface area contributed by atoms with E-state index in [0.717, 1.165) is 22.9 Å². The minimum absolute atomic E-state index is 0.00195. The van der Waals surface area contributed by atoms with Gasteiger partial charge in [-0.1, -0.05) is 18.2 Å². The number of rotatable bonds is 3. The number of hydrogen-bond acceptors (Lipinski definition) is 4. The lowest BCUT2D eigenvalue weighted by Crippen LogP contribution is -2.32. The maximum absolute atomic E-state index is 12.3. The molecule has 0 spiro atoms. The van der Waals surface area contributed by atoms with E-state index in [4.69, 9.17) is 0 Å². The van der Waals surface area contributed by atoms with Crippen molar-refractivity contribution >= 4 is 28.1 Å².